The Morgan fingerprint density at radius 1 is 1.55 bits per heavy atom. The molecular weight excluding hydrogens is 160 g/mol. The van der Waals surface area contributed by atoms with Gasteiger partial charge in [-0.1, -0.05) is 0 Å². The van der Waals surface area contributed by atoms with Crippen LogP contribution >= 0.6 is 12.0 Å². The summed E-state index contributed by atoms with van der Waals surface area (Å²) in [7, 11) is 0. The first-order valence-electron chi connectivity index (χ1n) is 3.45. The van der Waals surface area contributed by atoms with Crippen molar-refractivity contribution in [3.63, 3.8) is 0 Å². The van der Waals surface area contributed by atoms with Gasteiger partial charge in [0.2, 0.25) is 0 Å². The summed E-state index contributed by atoms with van der Waals surface area (Å²) < 4.78 is 10.2. The maximum absolute atomic E-state index is 5.25. The molecule has 0 radical (unpaired) electrons. The largest absolute Gasteiger partial charge is 0.469 e. The summed E-state index contributed by atoms with van der Waals surface area (Å²) in [5, 5.41) is 0. The zero-order chi connectivity index (χ0) is 7.52. The molecule has 1 unspecified atom stereocenters. The van der Waals surface area contributed by atoms with E-state index in [1.54, 1.807) is 12.5 Å². The molecule has 2 heterocycles. The zero-order valence-corrected chi connectivity index (χ0v) is 6.71. The molecule has 0 amide bonds. The summed E-state index contributed by atoms with van der Waals surface area (Å²) in [6, 6.07) is 3.89. The van der Waals surface area contributed by atoms with Gasteiger partial charge in [0, 0.05) is 5.75 Å². The van der Waals surface area contributed by atoms with Crippen molar-refractivity contribution in [3.8, 4) is 0 Å². The van der Waals surface area contributed by atoms with Gasteiger partial charge in [-0.3, -0.25) is 0 Å². The van der Waals surface area contributed by atoms with Crippen molar-refractivity contribution in [2.45, 2.75) is 5.92 Å². The van der Waals surface area contributed by atoms with Crippen molar-refractivity contribution in [1.29, 1.82) is 0 Å². The van der Waals surface area contributed by atoms with E-state index < -0.39 is 0 Å². The Hall–Kier alpha value is -0.830. The molecule has 1 aliphatic rings. The van der Waals surface area contributed by atoms with Crippen molar-refractivity contribution >= 4 is 12.0 Å². The number of rotatable bonds is 1. The first-order chi connectivity index (χ1) is 5.47. The minimum Gasteiger partial charge on any atom is -0.469 e. The van der Waals surface area contributed by atoms with Crippen LogP contribution in [0.1, 0.15) is 11.7 Å². The molecule has 2 rings (SSSR count). The molecule has 0 saturated carbocycles. The van der Waals surface area contributed by atoms with Crippen LogP contribution in [0.25, 0.3) is 0 Å². The van der Waals surface area contributed by atoms with Crippen LogP contribution in [0.15, 0.2) is 35.2 Å². The maximum Gasteiger partial charge on any atom is 0.111 e. The average molecular weight is 168 g/mol. The molecule has 1 aromatic rings. The van der Waals surface area contributed by atoms with Crippen LogP contribution in [0, 0.1) is 0 Å². The Kier molecular flexibility index (Phi) is 1.90. The second-order valence-electron chi connectivity index (χ2n) is 2.33. The maximum atomic E-state index is 5.25. The molecule has 2 nitrogen and oxygen atoms in total. The molecule has 3 heteroatoms. The van der Waals surface area contributed by atoms with E-state index in [-0.39, 0.29) is 0 Å². The lowest BCUT2D eigenvalue weighted by atomic mass is 10.1. The fourth-order valence-corrected chi connectivity index (χ4v) is 1.66. The quantitative estimate of drug-likeness (QED) is 0.602. The summed E-state index contributed by atoms with van der Waals surface area (Å²) >= 11 is 1.45. The Morgan fingerprint density at radius 2 is 2.55 bits per heavy atom. The number of hydrogen-bond donors (Lipinski definition) is 0. The molecule has 0 bridgehead atoms. The minimum absolute atomic E-state index is 0.378. The van der Waals surface area contributed by atoms with E-state index in [9.17, 15) is 0 Å². The van der Waals surface area contributed by atoms with Crippen LogP contribution in [-0.4, -0.2) is 5.75 Å². The van der Waals surface area contributed by atoms with Crippen molar-refractivity contribution in [1.82, 2.24) is 0 Å². The molecule has 0 spiro atoms. The van der Waals surface area contributed by atoms with E-state index in [2.05, 4.69) is 0 Å². The monoisotopic (exact) mass is 168 g/mol. The van der Waals surface area contributed by atoms with Gasteiger partial charge in [-0.2, -0.15) is 0 Å². The highest BCUT2D eigenvalue weighted by molar-refractivity contribution is 7.94. The van der Waals surface area contributed by atoms with Crippen LogP contribution in [0.5, 0.6) is 0 Å². The highest BCUT2D eigenvalue weighted by Gasteiger charge is 2.14. The molecule has 0 N–H and O–H groups in total. The van der Waals surface area contributed by atoms with Crippen LogP contribution in [-0.2, 0) is 4.18 Å². The lowest BCUT2D eigenvalue weighted by Crippen LogP contribution is -2.00. The molecule has 0 fully saturated rings. The third kappa shape index (κ3) is 1.43. The van der Waals surface area contributed by atoms with Crippen molar-refractivity contribution < 1.29 is 8.60 Å². The fourth-order valence-electron chi connectivity index (χ4n) is 1.01. The lowest BCUT2D eigenvalue weighted by molar-refractivity contribution is 0.483. The summed E-state index contributed by atoms with van der Waals surface area (Å²) in [6.45, 7) is 0. The smallest absolute Gasteiger partial charge is 0.111 e. The van der Waals surface area contributed by atoms with E-state index in [0.29, 0.717) is 5.92 Å². The van der Waals surface area contributed by atoms with E-state index in [1.165, 1.54) is 12.0 Å². The molecule has 0 aromatic carbocycles. The summed E-state index contributed by atoms with van der Waals surface area (Å²) in [6.07, 6.45) is 5.42. The van der Waals surface area contributed by atoms with Gasteiger partial charge in [0.1, 0.15) is 5.76 Å². The second-order valence-corrected chi connectivity index (χ2v) is 3.09. The van der Waals surface area contributed by atoms with Crippen LogP contribution in [0.3, 0.4) is 0 Å². The fraction of sp³-hybridized carbons (Fsp3) is 0.250. The molecule has 58 valence electrons. The third-order valence-corrected chi connectivity index (χ3v) is 2.33. The highest BCUT2D eigenvalue weighted by Crippen LogP contribution is 2.26. The Morgan fingerprint density at radius 3 is 3.18 bits per heavy atom. The summed E-state index contributed by atoms with van der Waals surface area (Å²) in [4.78, 5) is 0. The topological polar surface area (TPSA) is 22.4 Å². The van der Waals surface area contributed by atoms with Crippen molar-refractivity contribution in [2.75, 3.05) is 5.75 Å². The molecule has 1 aromatic heterocycles. The van der Waals surface area contributed by atoms with Crippen LogP contribution in [0.2, 0.25) is 0 Å². The second kappa shape index (κ2) is 3.05. The van der Waals surface area contributed by atoms with E-state index in [0.717, 1.165) is 11.5 Å². The van der Waals surface area contributed by atoms with E-state index >= 15 is 0 Å². The number of hydrogen-bond acceptors (Lipinski definition) is 3. The van der Waals surface area contributed by atoms with Crippen molar-refractivity contribution in [2.24, 2.45) is 0 Å². The molecule has 11 heavy (non-hydrogen) atoms. The first kappa shape index (κ1) is 6.85. The van der Waals surface area contributed by atoms with Gasteiger partial charge in [0.05, 0.1) is 30.5 Å². The molecule has 0 aliphatic carbocycles. The van der Waals surface area contributed by atoms with Gasteiger partial charge in [-0.25, -0.2) is 0 Å². The molecular formula is C8H8O2S. The normalized spacial score (nSPS) is 23.1. The number of furan rings is 1. The summed E-state index contributed by atoms with van der Waals surface area (Å²) in [5.41, 5.74) is 0. The Labute approximate surface area is 69.4 Å². The van der Waals surface area contributed by atoms with Gasteiger partial charge >= 0.3 is 0 Å². The van der Waals surface area contributed by atoms with Crippen molar-refractivity contribution in [3.05, 3.63) is 36.5 Å². The van der Waals surface area contributed by atoms with Gasteiger partial charge in [0.15, 0.2) is 0 Å². The van der Waals surface area contributed by atoms with E-state index in [1.807, 2.05) is 18.2 Å². The third-order valence-electron chi connectivity index (χ3n) is 1.59. The van der Waals surface area contributed by atoms with Gasteiger partial charge in [-0.05, 0) is 18.2 Å². The van der Waals surface area contributed by atoms with Gasteiger partial charge < -0.3 is 8.60 Å². The molecule has 1 aliphatic heterocycles. The van der Waals surface area contributed by atoms with E-state index in [4.69, 9.17) is 8.60 Å². The lowest BCUT2D eigenvalue weighted by Gasteiger charge is -2.12. The summed E-state index contributed by atoms with van der Waals surface area (Å²) in [5.74, 6) is 2.32. The predicted molar refractivity (Wildman–Crippen MR) is 44.1 cm³/mol. The molecule has 1 atom stereocenters. The van der Waals surface area contributed by atoms with Gasteiger partial charge in [0.25, 0.3) is 0 Å². The Bertz CT molecular complexity index is 241. The van der Waals surface area contributed by atoms with Crippen LogP contribution < -0.4 is 0 Å². The predicted octanol–water partition coefficient (Wildman–Crippen LogP) is 2.56. The van der Waals surface area contributed by atoms with Gasteiger partial charge in [-0.15, -0.1) is 0 Å². The minimum atomic E-state index is 0.378. The highest BCUT2D eigenvalue weighted by atomic mass is 32.2. The van der Waals surface area contributed by atoms with Crippen LogP contribution in [0.4, 0.5) is 0 Å². The SMILES string of the molecule is C1=CC(c2ccco2)CSO1. The average Bonchev–Trinajstić information content (AvgIpc) is 2.58. The molecule has 0 saturated heterocycles. The number of allylic oxidation sites excluding steroid dienone is 1. The Balaban J connectivity index is 2.16. The zero-order valence-electron chi connectivity index (χ0n) is 5.90. The first-order valence-corrected chi connectivity index (χ1v) is 4.36. The standard InChI is InChI=1S/C8H8O2S/c1-2-8(9-4-1)7-3-5-10-11-6-7/h1-5,7H,6H2.